The summed E-state index contributed by atoms with van der Waals surface area (Å²) in [7, 11) is 1.55. The van der Waals surface area contributed by atoms with Gasteiger partial charge in [-0.2, -0.15) is 0 Å². The number of benzene rings is 2. The number of nitrogens with one attached hydrogen (secondary N) is 2. The Labute approximate surface area is 122 Å². The van der Waals surface area contributed by atoms with Gasteiger partial charge in [0.05, 0.1) is 13.7 Å². The Morgan fingerprint density at radius 1 is 1.05 bits per heavy atom. The molecule has 0 saturated heterocycles. The first kappa shape index (κ1) is 14.6. The van der Waals surface area contributed by atoms with E-state index in [1.54, 1.807) is 55.6 Å². The lowest BCUT2D eigenvalue weighted by Crippen LogP contribution is -2.33. The monoisotopic (exact) mass is 284 g/mol. The number of hydrogen-bond acceptors (Lipinski definition) is 3. The third-order valence-corrected chi connectivity index (χ3v) is 2.83. The van der Waals surface area contributed by atoms with Gasteiger partial charge in [0.2, 0.25) is 0 Å². The molecule has 0 radical (unpaired) electrons. The average molecular weight is 284 g/mol. The van der Waals surface area contributed by atoms with E-state index < -0.39 is 6.03 Å². The minimum atomic E-state index is -0.437. The molecule has 5 nitrogen and oxygen atoms in total. The van der Waals surface area contributed by atoms with Crippen LogP contribution in [0.15, 0.2) is 54.6 Å². The predicted octanol–water partition coefficient (Wildman–Crippen LogP) is 2.70. The first-order valence-electron chi connectivity index (χ1n) is 6.46. The Morgan fingerprint density at radius 3 is 2.52 bits per heavy atom. The molecule has 0 fully saturated rings. The Kier molecular flexibility index (Phi) is 4.93. The van der Waals surface area contributed by atoms with Gasteiger partial charge >= 0.3 is 6.03 Å². The van der Waals surface area contributed by atoms with Gasteiger partial charge in [0.1, 0.15) is 5.75 Å². The van der Waals surface area contributed by atoms with Gasteiger partial charge < -0.3 is 15.4 Å². The van der Waals surface area contributed by atoms with Crippen LogP contribution < -0.4 is 15.4 Å². The maximum Gasteiger partial charge on any atom is 0.319 e. The number of carbonyl (C=O) groups is 2. The van der Waals surface area contributed by atoms with Crippen molar-refractivity contribution in [2.24, 2.45) is 0 Å². The molecule has 0 heterocycles. The maximum atomic E-state index is 11.8. The number of ketones is 1. The summed E-state index contributed by atoms with van der Waals surface area (Å²) in [5.74, 6) is 0.504. The van der Waals surface area contributed by atoms with Gasteiger partial charge in [-0.3, -0.25) is 4.79 Å². The van der Waals surface area contributed by atoms with Gasteiger partial charge in [0.15, 0.2) is 5.78 Å². The molecule has 21 heavy (non-hydrogen) atoms. The van der Waals surface area contributed by atoms with Crippen molar-refractivity contribution in [3.8, 4) is 5.75 Å². The molecule has 2 amide bonds. The van der Waals surface area contributed by atoms with E-state index in [9.17, 15) is 9.59 Å². The second-order valence-corrected chi connectivity index (χ2v) is 4.33. The van der Waals surface area contributed by atoms with Gasteiger partial charge in [0, 0.05) is 17.3 Å². The van der Waals surface area contributed by atoms with Crippen LogP contribution in [0.1, 0.15) is 10.4 Å². The SMILES string of the molecule is COc1cccc(NC(=O)NCC(=O)c2ccccc2)c1. The van der Waals surface area contributed by atoms with Crippen molar-refractivity contribution in [3.05, 3.63) is 60.2 Å². The third-order valence-electron chi connectivity index (χ3n) is 2.83. The van der Waals surface area contributed by atoms with Crippen molar-refractivity contribution in [1.82, 2.24) is 5.32 Å². The molecule has 2 aromatic carbocycles. The summed E-state index contributed by atoms with van der Waals surface area (Å²) in [6.07, 6.45) is 0. The summed E-state index contributed by atoms with van der Waals surface area (Å²) in [4.78, 5) is 23.6. The van der Waals surface area contributed by atoms with Crippen LogP contribution in [0.25, 0.3) is 0 Å². The number of anilines is 1. The van der Waals surface area contributed by atoms with Crippen molar-refractivity contribution in [3.63, 3.8) is 0 Å². The Bertz CT molecular complexity index is 626. The van der Waals surface area contributed by atoms with Crippen molar-refractivity contribution >= 4 is 17.5 Å². The molecule has 108 valence electrons. The molecule has 2 rings (SSSR count). The van der Waals surface area contributed by atoms with E-state index in [4.69, 9.17) is 4.74 Å². The summed E-state index contributed by atoms with van der Waals surface area (Å²) in [6.45, 7) is -0.0557. The van der Waals surface area contributed by atoms with Crippen LogP contribution in [0.3, 0.4) is 0 Å². The number of amides is 2. The Balaban J connectivity index is 1.86. The fraction of sp³-hybridized carbons (Fsp3) is 0.125. The number of rotatable bonds is 5. The number of Topliss-reactive ketones (excluding diaryl/α,β-unsaturated/α-hetero) is 1. The minimum absolute atomic E-state index is 0.0557. The molecular weight excluding hydrogens is 268 g/mol. The lowest BCUT2D eigenvalue weighted by Gasteiger charge is -2.08. The second-order valence-electron chi connectivity index (χ2n) is 4.33. The molecule has 0 aliphatic rings. The molecule has 5 heteroatoms. The number of urea groups is 1. The summed E-state index contributed by atoms with van der Waals surface area (Å²) >= 11 is 0. The van der Waals surface area contributed by atoms with Crippen LogP contribution >= 0.6 is 0 Å². The van der Waals surface area contributed by atoms with Gasteiger partial charge in [-0.05, 0) is 12.1 Å². The van der Waals surface area contributed by atoms with E-state index in [1.807, 2.05) is 6.07 Å². The van der Waals surface area contributed by atoms with Gasteiger partial charge in [-0.25, -0.2) is 4.79 Å². The molecule has 2 N–H and O–H groups in total. The molecule has 0 saturated carbocycles. The highest BCUT2D eigenvalue weighted by atomic mass is 16.5. The van der Waals surface area contributed by atoms with E-state index in [0.29, 0.717) is 17.0 Å². The molecule has 0 atom stereocenters. The lowest BCUT2D eigenvalue weighted by molar-refractivity contribution is 0.0993. The standard InChI is InChI=1S/C16H16N2O3/c1-21-14-9-5-8-13(10-14)18-16(20)17-11-15(19)12-6-3-2-4-7-12/h2-10H,11H2,1H3,(H2,17,18,20). The second kappa shape index (κ2) is 7.09. The van der Waals surface area contributed by atoms with Crippen molar-refractivity contribution in [2.75, 3.05) is 19.0 Å². The molecule has 2 aromatic rings. The number of ether oxygens (including phenoxy) is 1. The zero-order valence-electron chi connectivity index (χ0n) is 11.6. The van der Waals surface area contributed by atoms with Crippen LogP contribution in [0.2, 0.25) is 0 Å². The van der Waals surface area contributed by atoms with Crippen LogP contribution in [0.5, 0.6) is 5.75 Å². The number of carbonyl (C=O) groups excluding carboxylic acids is 2. The summed E-state index contributed by atoms with van der Waals surface area (Å²) in [5, 5.41) is 5.17. The van der Waals surface area contributed by atoms with Crippen LogP contribution in [-0.4, -0.2) is 25.5 Å². The number of methoxy groups -OCH3 is 1. The van der Waals surface area contributed by atoms with E-state index in [2.05, 4.69) is 10.6 Å². The summed E-state index contributed by atoms with van der Waals surface area (Å²) in [6, 6.07) is 15.4. The summed E-state index contributed by atoms with van der Waals surface area (Å²) < 4.78 is 5.07. The van der Waals surface area contributed by atoms with Crippen molar-refractivity contribution in [1.29, 1.82) is 0 Å². The maximum absolute atomic E-state index is 11.8. The molecule has 0 spiro atoms. The molecule has 0 aliphatic heterocycles. The zero-order valence-corrected chi connectivity index (χ0v) is 11.6. The quantitative estimate of drug-likeness (QED) is 0.829. The predicted molar refractivity (Wildman–Crippen MR) is 80.8 cm³/mol. The number of hydrogen-bond donors (Lipinski definition) is 2. The van der Waals surface area contributed by atoms with E-state index in [0.717, 1.165) is 0 Å². The van der Waals surface area contributed by atoms with Gasteiger partial charge in [-0.15, -0.1) is 0 Å². The minimum Gasteiger partial charge on any atom is -0.497 e. The average Bonchev–Trinajstić information content (AvgIpc) is 2.53. The largest absolute Gasteiger partial charge is 0.497 e. The van der Waals surface area contributed by atoms with Gasteiger partial charge in [-0.1, -0.05) is 36.4 Å². The zero-order chi connectivity index (χ0) is 15.1. The van der Waals surface area contributed by atoms with Crippen LogP contribution in [-0.2, 0) is 0 Å². The molecule has 0 aromatic heterocycles. The highest BCUT2D eigenvalue weighted by Gasteiger charge is 2.08. The summed E-state index contributed by atoms with van der Waals surface area (Å²) in [5.41, 5.74) is 1.16. The topological polar surface area (TPSA) is 67.4 Å². The van der Waals surface area contributed by atoms with Crippen LogP contribution in [0, 0.1) is 0 Å². The normalized spacial score (nSPS) is 9.76. The van der Waals surface area contributed by atoms with Crippen molar-refractivity contribution < 1.29 is 14.3 Å². The highest BCUT2D eigenvalue weighted by Crippen LogP contribution is 2.16. The lowest BCUT2D eigenvalue weighted by atomic mass is 10.1. The highest BCUT2D eigenvalue weighted by molar-refractivity contribution is 6.00. The van der Waals surface area contributed by atoms with Gasteiger partial charge in [0.25, 0.3) is 0 Å². The van der Waals surface area contributed by atoms with E-state index in [1.165, 1.54) is 0 Å². The smallest absolute Gasteiger partial charge is 0.319 e. The Morgan fingerprint density at radius 2 is 1.81 bits per heavy atom. The van der Waals surface area contributed by atoms with Crippen LogP contribution in [0.4, 0.5) is 10.5 Å². The molecule has 0 bridgehead atoms. The molecular formula is C16H16N2O3. The van der Waals surface area contributed by atoms with Crippen molar-refractivity contribution in [2.45, 2.75) is 0 Å². The third kappa shape index (κ3) is 4.35. The fourth-order valence-corrected chi connectivity index (χ4v) is 1.76. The molecule has 0 unspecified atom stereocenters. The Hall–Kier alpha value is -2.82. The van der Waals surface area contributed by atoms with E-state index >= 15 is 0 Å². The first-order chi connectivity index (χ1) is 10.2. The first-order valence-corrected chi connectivity index (χ1v) is 6.46. The van der Waals surface area contributed by atoms with E-state index in [-0.39, 0.29) is 12.3 Å². The molecule has 0 aliphatic carbocycles. The fourth-order valence-electron chi connectivity index (χ4n) is 1.76.